The van der Waals surface area contributed by atoms with Crippen LogP contribution in [0.4, 0.5) is 14.9 Å². The van der Waals surface area contributed by atoms with Crippen LogP contribution < -0.4 is 4.90 Å². The Morgan fingerprint density at radius 3 is 2.56 bits per heavy atom. The number of likely N-dealkylation sites (tertiary alicyclic amines) is 1. The van der Waals surface area contributed by atoms with Crippen LogP contribution >= 0.6 is 0 Å². The zero-order valence-corrected chi connectivity index (χ0v) is 23.9. The third-order valence-electron chi connectivity index (χ3n) is 8.42. The zero-order valence-electron chi connectivity index (χ0n) is 23.9. The summed E-state index contributed by atoms with van der Waals surface area (Å²) in [7, 11) is 0. The van der Waals surface area contributed by atoms with Crippen molar-refractivity contribution in [2.45, 2.75) is 44.6 Å². The van der Waals surface area contributed by atoms with Gasteiger partial charge in [-0.05, 0) is 44.9 Å². The second-order valence-corrected chi connectivity index (χ2v) is 11.2. The molecule has 0 saturated carbocycles. The molecule has 6 heterocycles. The number of piperazine rings is 1. The predicted octanol–water partition coefficient (Wildman–Crippen LogP) is 3.74. The Labute approximate surface area is 240 Å². The van der Waals surface area contributed by atoms with Gasteiger partial charge in [0.1, 0.15) is 6.17 Å². The standard InChI is InChI=1S/C30H39FN6O4/c1-3-40-30(7-10-34(11-8-30)18-22(2)31)24-4-5-26(32-17-24)23-16-28-27(6-9-33-37(28)19-23)35-12-14-36(15-13-35)29(38)41-25-20-39-21-25/h4-6,9,16-17,19,22,25H,3,7-8,10-15,18,20-21H2,1-2H3. The van der Waals surface area contributed by atoms with Crippen LogP contribution in [0.3, 0.4) is 0 Å². The number of halogens is 1. The molecule has 0 N–H and O–H groups in total. The molecule has 3 aliphatic rings. The van der Waals surface area contributed by atoms with Crippen LogP contribution in [0.15, 0.2) is 42.9 Å². The fourth-order valence-corrected chi connectivity index (χ4v) is 6.12. The van der Waals surface area contributed by atoms with E-state index >= 15 is 0 Å². The highest BCUT2D eigenvalue weighted by molar-refractivity contribution is 5.79. The summed E-state index contributed by atoms with van der Waals surface area (Å²) < 4.78 is 32.3. The summed E-state index contributed by atoms with van der Waals surface area (Å²) in [6, 6.07) is 8.32. The largest absolute Gasteiger partial charge is 0.441 e. The number of ether oxygens (including phenoxy) is 3. The molecule has 0 spiro atoms. The fraction of sp³-hybridized carbons (Fsp3) is 0.567. The van der Waals surface area contributed by atoms with E-state index in [9.17, 15) is 9.18 Å². The molecule has 1 unspecified atom stereocenters. The van der Waals surface area contributed by atoms with Crippen molar-refractivity contribution in [2.75, 3.05) is 70.5 Å². The van der Waals surface area contributed by atoms with Crippen molar-refractivity contribution in [1.82, 2.24) is 24.4 Å². The summed E-state index contributed by atoms with van der Waals surface area (Å²) in [5, 5.41) is 4.54. The molecule has 1 amide bonds. The third kappa shape index (κ3) is 5.89. The lowest BCUT2D eigenvalue weighted by Gasteiger charge is -2.42. The monoisotopic (exact) mass is 566 g/mol. The summed E-state index contributed by atoms with van der Waals surface area (Å²) in [6.45, 7) is 9.93. The van der Waals surface area contributed by atoms with Crippen LogP contribution in [0.2, 0.25) is 0 Å². The topological polar surface area (TPSA) is 84.7 Å². The van der Waals surface area contributed by atoms with Gasteiger partial charge in [0.25, 0.3) is 0 Å². The van der Waals surface area contributed by atoms with E-state index in [0.29, 0.717) is 52.5 Å². The molecule has 0 aliphatic carbocycles. The molecule has 0 radical (unpaired) electrons. The van der Waals surface area contributed by atoms with Crippen molar-refractivity contribution < 1.29 is 23.4 Å². The van der Waals surface area contributed by atoms with Gasteiger partial charge in [0.05, 0.1) is 35.7 Å². The Morgan fingerprint density at radius 2 is 1.93 bits per heavy atom. The van der Waals surface area contributed by atoms with Crippen molar-refractivity contribution in [2.24, 2.45) is 0 Å². The maximum atomic E-state index is 13.5. The first kappa shape index (κ1) is 27.9. The average Bonchev–Trinajstić information content (AvgIpc) is 3.41. The van der Waals surface area contributed by atoms with Crippen LogP contribution in [0, 0.1) is 0 Å². The minimum absolute atomic E-state index is 0.115. The van der Waals surface area contributed by atoms with E-state index in [-0.39, 0.29) is 12.2 Å². The summed E-state index contributed by atoms with van der Waals surface area (Å²) in [4.78, 5) is 23.5. The molecule has 6 rings (SSSR count). The van der Waals surface area contributed by atoms with Gasteiger partial charge in [0, 0.05) is 82.1 Å². The first-order chi connectivity index (χ1) is 19.9. The predicted molar refractivity (Wildman–Crippen MR) is 153 cm³/mol. The number of rotatable bonds is 8. The van der Waals surface area contributed by atoms with Gasteiger partial charge in [-0.1, -0.05) is 6.07 Å². The first-order valence-corrected chi connectivity index (χ1v) is 14.7. The van der Waals surface area contributed by atoms with Gasteiger partial charge >= 0.3 is 6.09 Å². The number of pyridine rings is 1. The summed E-state index contributed by atoms with van der Waals surface area (Å²) in [5.41, 5.74) is 4.60. The van der Waals surface area contributed by atoms with E-state index in [1.165, 1.54) is 0 Å². The summed E-state index contributed by atoms with van der Waals surface area (Å²) in [5.74, 6) is 0. The first-order valence-electron chi connectivity index (χ1n) is 14.7. The van der Waals surface area contributed by atoms with Gasteiger partial charge in [-0.3, -0.25) is 4.98 Å². The maximum Gasteiger partial charge on any atom is 0.410 e. The molecule has 3 aliphatic heterocycles. The number of hydrogen-bond acceptors (Lipinski definition) is 8. The van der Waals surface area contributed by atoms with Gasteiger partial charge in [-0.2, -0.15) is 5.10 Å². The Bertz CT molecular complexity index is 1330. The van der Waals surface area contributed by atoms with E-state index in [1.807, 2.05) is 36.1 Å². The second-order valence-electron chi connectivity index (χ2n) is 11.2. The lowest BCUT2D eigenvalue weighted by atomic mass is 9.84. The quantitative estimate of drug-likeness (QED) is 0.408. The number of aromatic nitrogens is 3. The van der Waals surface area contributed by atoms with Gasteiger partial charge in [-0.15, -0.1) is 0 Å². The number of piperidine rings is 1. The van der Waals surface area contributed by atoms with Crippen LogP contribution in [0.1, 0.15) is 32.3 Å². The van der Waals surface area contributed by atoms with Crippen molar-refractivity contribution >= 4 is 17.3 Å². The van der Waals surface area contributed by atoms with Crippen LogP contribution in [0.5, 0.6) is 0 Å². The maximum absolute atomic E-state index is 13.5. The minimum Gasteiger partial charge on any atom is -0.441 e. The normalized spacial score (nSPS) is 20.7. The van der Waals surface area contributed by atoms with E-state index in [2.05, 4.69) is 33.1 Å². The van der Waals surface area contributed by atoms with Gasteiger partial charge in [0.2, 0.25) is 0 Å². The van der Waals surface area contributed by atoms with E-state index in [4.69, 9.17) is 19.2 Å². The molecule has 3 fully saturated rings. The molecule has 41 heavy (non-hydrogen) atoms. The number of nitrogens with zero attached hydrogens (tertiary/aromatic N) is 6. The highest BCUT2D eigenvalue weighted by Crippen LogP contribution is 2.37. The lowest BCUT2D eigenvalue weighted by molar-refractivity contribution is -0.104. The van der Waals surface area contributed by atoms with Crippen molar-refractivity contribution in [1.29, 1.82) is 0 Å². The number of hydrogen-bond donors (Lipinski definition) is 0. The number of fused-ring (bicyclic) bond motifs is 1. The molecule has 3 aromatic rings. The molecular weight excluding hydrogens is 527 g/mol. The highest BCUT2D eigenvalue weighted by atomic mass is 19.1. The Hall–Kier alpha value is -3.28. The Balaban J connectivity index is 1.15. The second kappa shape index (κ2) is 11.9. The van der Waals surface area contributed by atoms with Gasteiger partial charge < -0.3 is 28.9 Å². The fourth-order valence-electron chi connectivity index (χ4n) is 6.12. The lowest BCUT2D eigenvalue weighted by Crippen LogP contribution is -2.51. The van der Waals surface area contributed by atoms with Crippen LogP contribution in [-0.2, 0) is 19.8 Å². The molecule has 11 heteroatoms. The number of carbonyl (C=O) groups excluding carboxylic acids is 1. The molecule has 3 saturated heterocycles. The summed E-state index contributed by atoms with van der Waals surface area (Å²) in [6.07, 6.45) is 6.18. The summed E-state index contributed by atoms with van der Waals surface area (Å²) >= 11 is 0. The van der Waals surface area contributed by atoms with Crippen molar-refractivity contribution in [3.05, 3.63) is 48.4 Å². The number of alkyl halides is 1. The van der Waals surface area contributed by atoms with E-state index < -0.39 is 11.8 Å². The third-order valence-corrected chi connectivity index (χ3v) is 8.42. The smallest absolute Gasteiger partial charge is 0.410 e. The molecule has 0 bridgehead atoms. The molecule has 220 valence electrons. The van der Waals surface area contributed by atoms with Gasteiger partial charge in [-0.25, -0.2) is 13.7 Å². The van der Waals surface area contributed by atoms with Crippen LogP contribution in [-0.4, -0.2) is 108 Å². The number of amides is 1. The van der Waals surface area contributed by atoms with Crippen LogP contribution in [0.25, 0.3) is 16.8 Å². The van der Waals surface area contributed by atoms with E-state index in [0.717, 1.165) is 54.0 Å². The SMILES string of the molecule is CCOC1(c2ccc(-c3cc4c(N5CCN(C(=O)OC6COC6)CC5)ccnn4c3)nc2)CCN(CC(C)F)CC1. The highest BCUT2D eigenvalue weighted by Gasteiger charge is 2.37. The molecule has 3 aromatic heterocycles. The van der Waals surface area contributed by atoms with E-state index in [1.54, 1.807) is 11.8 Å². The average molecular weight is 567 g/mol. The van der Waals surface area contributed by atoms with Crippen molar-refractivity contribution in [3.8, 4) is 11.3 Å². The van der Waals surface area contributed by atoms with Crippen molar-refractivity contribution in [3.63, 3.8) is 0 Å². The Kier molecular flexibility index (Phi) is 8.10. The minimum atomic E-state index is -0.829. The zero-order chi connectivity index (χ0) is 28.4. The molecular formula is C30H39FN6O4. The van der Waals surface area contributed by atoms with Gasteiger partial charge in [0.15, 0.2) is 6.10 Å². The molecule has 10 nitrogen and oxygen atoms in total. The number of anilines is 1. The Morgan fingerprint density at radius 1 is 1.15 bits per heavy atom. The molecule has 1 atom stereocenters. The molecule has 0 aromatic carbocycles. The number of carbonyl (C=O) groups is 1.